The Morgan fingerprint density at radius 3 is 2.44 bits per heavy atom. The molecule has 4 nitrogen and oxygen atoms in total. The summed E-state index contributed by atoms with van der Waals surface area (Å²) in [5, 5.41) is 8.68. The van der Waals surface area contributed by atoms with Crippen LogP contribution in [0.4, 0.5) is 13.2 Å². The molecule has 0 bridgehead atoms. The van der Waals surface area contributed by atoms with Crippen molar-refractivity contribution in [2.45, 2.75) is 6.36 Å². The molecule has 1 aromatic rings. The standard InChI is InChI=1S/C9H7F3O4/c1-15-5-2-3-7(16-9(10,11)12)6(4-5)8(13)14/h2-4H,1H3,(H,13,14). The first-order valence-corrected chi connectivity index (χ1v) is 4.00. The number of hydrogen-bond acceptors (Lipinski definition) is 3. The molecule has 0 unspecified atom stereocenters. The van der Waals surface area contributed by atoms with E-state index >= 15 is 0 Å². The smallest absolute Gasteiger partial charge is 0.497 e. The molecule has 0 atom stereocenters. The number of carbonyl (C=O) groups is 1. The number of hydrogen-bond donors (Lipinski definition) is 1. The number of ether oxygens (including phenoxy) is 2. The van der Waals surface area contributed by atoms with Crippen LogP contribution in [0, 0.1) is 0 Å². The van der Waals surface area contributed by atoms with E-state index in [1.807, 2.05) is 0 Å². The first-order valence-electron chi connectivity index (χ1n) is 4.00. The van der Waals surface area contributed by atoms with Gasteiger partial charge in [-0.25, -0.2) is 4.79 Å². The Labute approximate surface area is 88.2 Å². The van der Waals surface area contributed by atoms with Crippen LogP contribution in [-0.4, -0.2) is 24.5 Å². The van der Waals surface area contributed by atoms with E-state index in [2.05, 4.69) is 9.47 Å². The zero-order valence-corrected chi connectivity index (χ0v) is 8.04. The van der Waals surface area contributed by atoms with Crippen LogP contribution in [0.2, 0.25) is 0 Å². The van der Waals surface area contributed by atoms with Crippen LogP contribution in [0.25, 0.3) is 0 Å². The highest BCUT2D eigenvalue weighted by atomic mass is 19.4. The third kappa shape index (κ3) is 3.04. The van der Waals surface area contributed by atoms with Crippen molar-refractivity contribution >= 4 is 5.97 Å². The molecule has 7 heteroatoms. The molecule has 0 amide bonds. The van der Waals surface area contributed by atoms with E-state index in [0.717, 1.165) is 12.1 Å². The van der Waals surface area contributed by atoms with E-state index in [0.29, 0.717) is 0 Å². The molecule has 0 radical (unpaired) electrons. The number of aromatic carboxylic acids is 1. The minimum atomic E-state index is -4.93. The number of alkyl halides is 3. The van der Waals surface area contributed by atoms with Crippen LogP contribution in [-0.2, 0) is 0 Å². The third-order valence-electron chi connectivity index (χ3n) is 1.64. The molecule has 16 heavy (non-hydrogen) atoms. The van der Waals surface area contributed by atoms with Gasteiger partial charge in [0.15, 0.2) is 0 Å². The molecule has 0 aliphatic rings. The van der Waals surface area contributed by atoms with Gasteiger partial charge in [-0.3, -0.25) is 0 Å². The Bertz CT molecular complexity index is 400. The molecule has 0 aliphatic carbocycles. The van der Waals surface area contributed by atoms with Gasteiger partial charge >= 0.3 is 12.3 Å². The SMILES string of the molecule is COc1ccc(OC(F)(F)F)c(C(=O)O)c1. The fourth-order valence-corrected chi connectivity index (χ4v) is 1.02. The number of carboxylic acids is 1. The van der Waals surface area contributed by atoms with Crippen molar-refractivity contribution in [3.05, 3.63) is 23.8 Å². The predicted molar refractivity (Wildman–Crippen MR) is 46.6 cm³/mol. The van der Waals surface area contributed by atoms with E-state index in [-0.39, 0.29) is 5.75 Å². The first-order chi connectivity index (χ1) is 7.33. The van der Waals surface area contributed by atoms with Gasteiger partial charge in [0, 0.05) is 0 Å². The van der Waals surface area contributed by atoms with E-state index in [1.165, 1.54) is 13.2 Å². The average molecular weight is 236 g/mol. The molecule has 0 spiro atoms. The summed E-state index contributed by atoms with van der Waals surface area (Å²) in [6.45, 7) is 0. The molecule has 1 N–H and O–H groups in total. The maximum absolute atomic E-state index is 11.9. The van der Waals surface area contributed by atoms with Gasteiger partial charge < -0.3 is 14.6 Å². The molecule has 0 aromatic heterocycles. The molecule has 0 aliphatic heterocycles. The minimum absolute atomic E-state index is 0.131. The molecule has 88 valence electrons. The number of halogens is 3. The summed E-state index contributed by atoms with van der Waals surface area (Å²) >= 11 is 0. The van der Waals surface area contributed by atoms with Gasteiger partial charge in [0.05, 0.1) is 7.11 Å². The van der Waals surface area contributed by atoms with E-state index in [4.69, 9.17) is 5.11 Å². The molecule has 0 fully saturated rings. The van der Waals surface area contributed by atoms with Crippen molar-refractivity contribution in [3.8, 4) is 11.5 Å². The van der Waals surface area contributed by atoms with Crippen LogP contribution >= 0.6 is 0 Å². The Hall–Kier alpha value is -1.92. The summed E-state index contributed by atoms with van der Waals surface area (Å²) < 4.78 is 44.0. The highest BCUT2D eigenvalue weighted by Gasteiger charge is 2.33. The molecular weight excluding hydrogens is 229 g/mol. The van der Waals surface area contributed by atoms with Crippen molar-refractivity contribution in [3.63, 3.8) is 0 Å². The fourth-order valence-electron chi connectivity index (χ4n) is 1.02. The van der Waals surface area contributed by atoms with E-state index < -0.39 is 23.6 Å². The lowest BCUT2D eigenvalue weighted by Crippen LogP contribution is -2.19. The maximum Gasteiger partial charge on any atom is 0.573 e. The summed E-state index contributed by atoms with van der Waals surface area (Å²) in [5.74, 6) is -2.18. The Balaban J connectivity index is 3.13. The normalized spacial score (nSPS) is 11.0. The summed E-state index contributed by atoms with van der Waals surface area (Å²) in [5.41, 5.74) is -0.614. The Kier molecular flexibility index (Phi) is 3.26. The van der Waals surface area contributed by atoms with Crippen LogP contribution in [0.15, 0.2) is 18.2 Å². The Morgan fingerprint density at radius 1 is 1.38 bits per heavy atom. The van der Waals surface area contributed by atoms with Crippen molar-refractivity contribution in [2.24, 2.45) is 0 Å². The van der Waals surface area contributed by atoms with Gasteiger partial charge in [-0.05, 0) is 18.2 Å². The molecule has 0 heterocycles. The quantitative estimate of drug-likeness (QED) is 0.874. The van der Waals surface area contributed by atoms with Crippen LogP contribution in [0.5, 0.6) is 11.5 Å². The number of carboxylic acid groups (broad SMARTS) is 1. The van der Waals surface area contributed by atoms with Crippen molar-refractivity contribution in [1.29, 1.82) is 0 Å². The van der Waals surface area contributed by atoms with Crippen molar-refractivity contribution in [2.75, 3.05) is 7.11 Å². The molecule has 1 aromatic carbocycles. The van der Waals surface area contributed by atoms with Crippen LogP contribution < -0.4 is 9.47 Å². The van der Waals surface area contributed by atoms with Gasteiger partial charge in [-0.1, -0.05) is 0 Å². The maximum atomic E-state index is 11.9. The van der Waals surface area contributed by atoms with E-state index in [9.17, 15) is 18.0 Å². The third-order valence-corrected chi connectivity index (χ3v) is 1.64. The second-order valence-electron chi connectivity index (χ2n) is 2.72. The zero-order chi connectivity index (χ0) is 12.3. The second kappa shape index (κ2) is 4.30. The minimum Gasteiger partial charge on any atom is -0.497 e. The van der Waals surface area contributed by atoms with E-state index in [1.54, 1.807) is 0 Å². The van der Waals surface area contributed by atoms with Crippen LogP contribution in [0.3, 0.4) is 0 Å². The molecule has 0 saturated heterocycles. The van der Waals surface area contributed by atoms with Crippen LogP contribution in [0.1, 0.15) is 10.4 Å². The predicted octanol–water partition coefficient (Wildman–Crippen LogP) is 2.29. The monoisotopic (exact) mass is 236 g/mol. The summed E-state index contributed by atoms with van der Waals surface area (Å²) in [6.07, 6.45) is -4.93. The van der Waals surface area contributed by atoms with Gasteiger partial charge in [0.2, 0.25) is 0 Å². The highest BCUT2D eigenvalue weighted by Crippen LogP contribution is 2.29. The number of benzene rings is 1. The van der Waals surface area contributed by atoms with Crippen molar-refractivity contribution < 1.29 is 32.5 Å². The lowest BCUT2D eigenvalue weighted by molar-refractivity contribution is -0.274. The Morgan fingerprint density at radius 2 is 2.00 bits per heavy atom. The number of rotatable bonds is 3. The lowest BCUT2D eigenvalue weighted by atomic mass is 10.2. The summed E-state index contributed by atoms with van der Waals surface area (Å²) in [7, 11) is 1.27. The average Bonchev–Trinajstić information content (AvgIpc) is 2.15. The highest BCUT2D eigenvalue weighted by molar-refractivity contribution is 5.91. The fraction of sp³-hybridized carbons (Fsp3) is 0.222. The van der Waals surface area contributed by atoms with Gasteiger partial charge in [-0.15, -0.1) is 13.2 Å². The summed E-state index contributed by atoms with van der Waals surface area (Å²) in [4.78, 5) is 10.7. The molecular formula is C9H7F3O4. The van der Waals surface area contributed by atoms with Crippen molar-refractivity contribution in [1.82, 2.24) is 0 Å². The largest absolute Gasteiger partial charge is 0.573 e. The lowest BCUT2D eigenvalue weighted by Gasteiger charge is -2.11. The van der Waals surface area contributed by atoms with Gasteiger partial charge in [-0.2, -0.15) is 0 Å². The summed E-state index contributed by atoms with van der Waals surface area (Å²) in [6, 6.07) is 3.01. The topological polar surface area (TPSA) is 55.8 Å². The first kappa shape index (κ1) is 12.2. The number of methoxy groups -OCH3 is 1. The second-order valence-corrected chi connectivity index (χ2v) is 2.72. The molecule has 0 saturated carbocycles. The molecule has 1 rings (SSSR count). The van der Waals surface area contributed by atoms with Gasteiger partial charge in [0.25, 0.3) is 0 Å². The zero-order valence-electron chi connectivity index (χ0n) is 8.04. The van der Waals surface area contributed by atoms with Gasteiger partial charge in [0.1, 0.15) is 17.1 Å².